The van der Waals surface area contributed by atoms with Crippen molar-refractivity contribution in [2.45, 2.75) is 6.92 Å². The van der Waals surface area contributed by atoms with Crippen molar-refractivity contribution in [1.82, 2.24) is 0 Å². The summed E-state index contributed by atoms with van der Waals surface area (Å²) in [5.74, 6) is 0.636. The first-order valence-electron chi connectivity index (χ1n) is 5.96. The highest BCUT2D eigenvalue weighted by molar-refractivity contribution is 9.10. The summed E-state index contributed by atoms with van der Waals surface area (Å²) in [7, 11) is 0. The number of nitrogens with one attached hydrogen (secondary N) is 1. The molecule has 0 bridgehead atoms. The number of rotatable bonds is 4. The molecule has 3 N–H and O–H groups in total. The van der Waals surface area contributed by atoms with Gasteiger partial charge >= 0.3 is 0 Å². The maximum absolute atomic E-state index is 6.21. The van der Waals surface area contributed by atoms with Gasteiger partial charge in [-0.2, -0.15) is 0 Å². The first-order valence-corrected chi connectivity index (χ1v) is 7.51. The summed E-state index contributed by atoms with van der Waals surface area (Å²) in [6.45, 7) is 2.46. The maximum atomic E-state index is 6.21. The molecule has 0 aliphatic carbocycles. The first-order chi connectivity index (χ1) is 9.54. The van der Waals surface area contributed by atoms with Crippen LogP contribution >= 0.6 is 39.1 Å². The highest BCUT2D eigenvalue weighted by Crippen LogP contribution is 2.39. The van der Waals surface area contributed by atoms with Crippen LogP contribution in [0.1, 0.15) is 6.92 Å². The Balaban J connectivity index is 2.36. The van der Waals surface area contributed by atoms with Crippen molar-refractivity contribution < 1.29 is 4.74 Å². The van der Waals surface area contributed by atoms with Gasteiger partial charge in [0, 0.05) is 4.47 Å². The fourth-order valence-electron chi connectivity index (χ4n) is 1.70. The van der Waals surface area contributed by atoms with Gasteiger partial charge in [0.15, 0.2) is 0 Å². The van der Waals surface area contributed by atoms with Crippen molar-refractivity contribution in [1.29, 1.82) is 0 Å². The van der Waals surface area contributed by atoms with Gasteiger partial charge in [0.1, 0.15) is 5.75 Å². The molecule has 0 radical (unpaired) electrons. The zero-order valence-corrected chi connectivity index (χ0v) is 13.8. The van der Waals surface area contributed by atoms with E-state index in [9.17, 15) is 0 Å². The van der Waals surface area contributed by atoms with E-state index in [0.717, 1.165) is 10.2 Å². The second kappa shape index (κ2) is 6.57. The molecule has 0 aromatic heterocycles. The summed E-state index contributed by atoms with van der Waals surface area (Å²) < 4.78 is 6.20. The van der Waals surface area contributed by atoms with Crippen molar-refractivity contribution in [3.05, 3.63) is 44.8 Å². The number of anilines is 3. The topological polar surface area (TPSA) is 47.3 Å². The van der Waals surface area contributed by atoms with Crippen LogP contribution in [0.5, 0.6) is 5.75 Å². The third kappa shape index (κ3) is 3.14. The Labute approximate surface area is 136 Å². The molecular formula is C14H13BrCl2N2O. The van der Waals surface area contributed by atoms with E-state index in [-0.39, 0.29) is 0 Å². The summed E-state index contributed by atoms with van der Waals surface area (Å²) in [4.78, 5) is 0. The van der Waals surface area contributed by atoms with Crippen LogP contribution in [0.15, 0.2) is 34.8 Å². The highest BCUT2D eigenvalue weighted by atomic mass is 79.9. The maximum Gasteiger partial charge on any atom is 0.144 e. The zero-order valence-electron chi connectivity index (χ0n) is 10.7. The van der Waals surface area contributed by atoms with Crippen LogP contribution in [0.25, 0.3) is 0 Å². The minimum atomic E-state index is 0.433. The molecule has 3 nitrogen and oxygen atoms in total. The molecule has 0 fully saturated rings. The van der Waals surface area contributed by atoms with E-state index in [4.69, 9.17) is 33.7 Å². The minimum absolute atomic E-state index is 0.433. The lowest BCUT2D eigenvalue weighted by molar-refractivity contribution is 0.342. The van der Waals surface area contributed by atoms with Gasteiger partial charge in [0.05, 0.1) is 33.7 Å². The monoisotopic (exact) mass is 374 g/mol. The Bertz CT molecular complexity index is 635. The lowest BCUT2D eigenvalue weighted by atomic mass is 10.2. The molecule has 0 saturated heterocycles. The quantitative estimate of drug-likeness (QED) is 0.549. The van der Waals surface area contributed by atoms with E-state index < -0.39 is 0 Å². The van der Waals surface area contributed by atoms with Gasteiger partial charge in [-0.1, -0.05) is 29.3 Å². The molecule has 0 atom stereocenters. The molecule has 2 aromatic carbocycles. The number of benzene rings is 2. The Morgan fingerprint density at radius 2 is 1.90 bits per heavy atom. The molecule has 0 aliphatic rings. The molecule has 0 heterocycles. The minimum Gasteiger partial charge on any atom is -0.492 e. The molecule has 0 amide bonds. The number of halogens is 3. The van der Waals surface area contributed by atoms with Crippen LogP contribution in [0, 0.1) is 0 Å². The van der Waals surface area contributed by atoms with Gasteiger partial charge in [-0.25, -0.2) is 0 Å². The average Bonchev–Trinajstić information content (AvgIpc) is 2.44. The lowest BCUT2D eigenvalue weighted by Gasteiger charge is -2.14. The van der Waals surface area contributed by atoms with Crippen LogP contribution in [0.4, 0.5) is 17.1 Å². The largest absolute Gasteiger partial charge is 0.492 e. The van der Waals surface area contributed by atoms with E-state index in [2.05, 4.69) is 21.2 Å². The van der Waals surface area contributed by atoms with Crippen molar-refractivity contribution in [2.24, 2.45) is 0 Å². The number of nitrogen functional groups attached to an aromatic ring is 1. The molecule has 2 aromatic rings. The Morgan fingerprint density at radius 1 is 1.15 bits per heavy atom. The summed E-state index contributed by atoms with van der Waals surface area (Å²) >= 11 is 15.6. The normalized spacial score (nSPS) is 10.4. The second-order valence-corrected chi connectivity index (χ2v) is 5.61. The fourth-order valence-corrected chi connectivity index (χ4v) is 2.52. The molecule has 20 heavy (non-hydrogen) atoms. The van der Waals surface area contributed by atoms with Crippen LogP contribution in [-0.4, -0.2) is 6.61 Å². The van der Waals surface area contributed by atoms with E-state index in [0.29, 0.717) is 33.8 Å². The van der Waals surface area contributed by atoms with Gasteiger partial charge in [0.2, 0.25) is 0 Å². The van der Waals surface area contributed by atoms with Gasteiger partial charge in [-0.3, -0.25) is 0 Å². The van der Waals surface area contributed by atoms with Gasteiger partial charge in [0.25, 0.3) is 0 Å². The third-order valence-electron chi connectivity index (χ3n) is 2.67. The molecule has 6 heteroatoms. The smallest absolute Gasteiger partial charge is 0.144 e. The number of para-hydroxylation sites is 1. The number of nitrogens with two attached hydrogens (primary N) is 1. The molecule has 2 rings (SSSR count). The summed E-state index contributed by atoms with van der Waals surface area (Å²) in [6, 6.07) is 9.17. The van der Waals surface area contributed by atoms with Gasteiger partial charge in [-0.05, 0) is 47.1 Å². The van der Waals surface area contributed by atoms with Gasteiger partial charge < -0.3 is 15.8 Å². The number of hydrogen-bond donors (Lipinski definition) is 2. The molecule has 0 aliphatic heterocycles. The SMILES string of the molecule is CCOc1cccc(Nc2ccc(Br)c(Cl)c2Cl)c1N. The first kappa shape index (κ1) is 15.3. The lowest BCUT2D eigenvalue weighted by Crippen LogP contribution is -2.01. The van der Waals surface area contributed by atoms with Crippen molar-refractivity contribution >= 4 is 56.2 Å². The molecular weight excluding hydrogens is 363 g/mol. The number of ether oxygens (including phenoxy) is 1. The third-order valence-corrected chi connectivity index (χ3v) is 4.44. The van der Waals surface area contributed by atoms with E-state index >= 15 is 0 Å². The molecule has 0 unspecified atom stereocenters. The second-order valence-electron chi connectivity index (χ2n) is 4.00. The van der Waals surface area contributed by atoms with E-state index in [1.165, 1.54) is 0 Å². The fraction of sp³-hybridized carbons (Fsp3) is 0.143. The molecule has 0 saturated carbocycles. The summed E-state index contributed by atoms with van der Waals surface area (Å²) in [5, 5.41) is 4.05. The van der Waals surface area contributed by atoms with E-state index in [1.54, 1.807) is 0 Å². The van der Waals surface area contributed by atoms with Crippen LogP contribution in [0.3, 0.4) is 0 Å². The zero-order chi connectivity index (χ0) is 14.7. The van der Waals surface area contributed by atoms with Crippen molar-refractivity contribution in [3.8, 4) is 5.75 Å². The molecule has 0 spiro atoms. The Hall–Kier alpha value is -1.10. The average molecular weight is 376 g/mol. The van der Waals surface area contributed by atoms with E-state index in [1.807, 2.05) is 37.3 Å². The van der Waals surface area contributed by atoms with Gasteiger partial charge in [-0.15, -0.1) is 0 Å². The van der Waals surface area contributed by atoms with Crippen LogP contribution < -0.4 is 15.8 Å². The Kier molecular flexibility index (Phi) is 5.02. The highest BCUT2D eigenvalue weighted by Gasteiger charge is 2.11. The standard InChI is InChI=1S/C14H13BrCl2N2O/c1-2-20-11-5-3-4-10(14(11)18)19-9-7-6-8(15)12(16)13(9)17/h3-7,19H,2,18H2,1H3. The Morgan fingerprint density at radius 3 is 2.60 bits per heavy atom. The van der Waals surface area contributed by atoms with Crippen LogP contribution in [-0.2, 0) is 0 Å². The summed E-state index contributed by atoms with van der Waals surface area (Å²) in [6.07, 6.45) is 0. The predicted octanol–water partition coefficient (Wildman–Crippen LogP) is 5.48. The number of hydrogen-bond acceptors (Lipinski definition) is 3. The predicted molar refractivity (Wildman–Crippen MR) is 89.5 cm³/mol. The van der Waals surface area contributed by atoms with Crippen LogP contribution in [0.2, 0.25) is 10.0 Å². The van der Waals surface area contributed by atoms with Crippen molar-refractivity contribution in [2.75, 3.05) is 17.7 Å². The summed E-state index contributed by atoms with van der Waals surface area (Å²) in [5.41, 5.74) is 7.99. The molecule has 106 valence electrons. The van der Waals surface area contributed by atoms with Crippen molar-refractivity contribution in [3.63, 3.8) is 0 Å².